The summed E-state index contributed by atoms with van der Waals surface area (Å²) in [6.07, 6.45) is 3.07. The smallest absolute Gasteiger partial charge is 0.134 e. The van der Waals surface area contributed by atoms with Crippen molar-refractivity contribution in [1.82, 2.24) is 9.97 Å². The van der Waals surface area contributed by atoms with Gasteiger partial charge in [-0.15, -0.1) is 0 Å². The summed E-state index contributed by atoms with van der Waals surface area (Å²) in [6, 6.07) is 1.83. The maximum absolute atomic E-state index is 5.95. The van der Waals surface area contributed by atoms with Crippen molar-refractivity contribution >= 4 is 17.4 Å². The maximum atomic E-state index is 5.95. The standard InChI is InChI=1S/C11H14ClN3O/c1-7-13-10(12)4-11(14-7)15-5-8-2-3-9(6-15)16-8/h4,8-9H,2-3,5-6H2,1H3. The topological polar surface area (TPSA) is 38.2 Å². The van der Waals surface area contributed by atoms with Crippen LogP contribution in [-0.2, 0) is 4.74 Å². The minimum Gasteiger partial charge on any atom is -0.371 e. The number of fused-ring (bicyclic) bond motifs is 2. The summed E-state index contributed by atoms with van der Waals surface area (Å²) in [5.41, 5.74) is 0. The third kappa shape index (κ3) is 1.87. The number of aryl methyl sites for hydroxylation is 1. The van der Waals surface area contributed by atoms with E-state index < -0.39 is 0 Å². The van der Waals surface area contributed by atoms with Gasteiger partial charge < -0.3 is 9.64 Å². The fourth-order valence-electron chi connectivity index (χ4n) is 2.48. The predicted octanol–water partition coefficient (Wildman–Crippen LogP) is 1.81. The number of halogens is 1. The van der Waals surface area contributed by atoms with Crippen LogP contribution >= 0.6 is 11.6 Å². The Morgan fingerprint density at radius 2 is 2.00 bits per heavy atom. The van der Waals surface area contributed by atoms with E-state index in [1.807, 2.05) is 13.0 Å². The van der Waals surface area contributed by atoms with Gasteiger partial charge in [0.2, 0.25) is 0 Å². The maximum Gasteiger partial charge on any atom is 0.134 e. The normalized spacial score (nSPS) is 28.5. The van der Waals surface area contributed by atoms with E-state index in [1.165, 1.54) is 12.8 Å². The van der Waals surface area contributed by atoms with Gasteiger partial charge in [0.1, 0.15) is 16.8 Å². The van der Waals surface area contributed by atoms with Gasteiger partial charge in [-0.05, 0) is 19.8 Å². The zero-order valence-corrected chi connectivity index (χ0v) is 9.94. The molecule has 1 aromatic heterocycles. The van der Waals surface area contributed by atoms with E-state index in [2.05, 4.69) is 14.9 Å². The number of hydrogen-bond donors (Lipinski definition) is 0. The molecule has 2 atom stereocenters. The average molecular weight is 240 g/mol. The SMILES string of the molecule is Cc1nc(Cl)cc(N2CC3CCC(C2)O3)n1. The highest BCUT2D eigenvalue weighted by Gasteiger charge is 2.34. The summed E-state index contributed by atoms with van der Waals surface area (Å²) in [4.78, 5) is 10.8. The molecule has 2 aliphatic rings. The average Bonchev–Trinajstić information content (AvgIpc) is 2.56. The highest BCUT2D eigenvalue weighted by atomic mass is 35.5. The molecule has 2 fully saturated rings. The minimum absolute atomic E-state index is 0.368. The lowest BCUT2D eigenvalue weighted by atomic mass is 10.2. The second-order valence-electron chi connectivity index (χ2n) is 4.46. The third-order valence-corrected chi connectivity index (χ3v) is 3.35. The highest BCUT2D eigenvalue weighted by molar-refractivity contribution is 6.29. The van der Waals surface area contributed by atoms with Gasteiger partial charge in [-0.3, -0.25) is 0 Å². The molecule has 0 amide bonds. The van der Waals surface area contributed by atoms with Gasteiger partial charge in [0.25, 0.3) is 0 Å². The Morgan fingerprint density at radius 3 is 2.62 bits per heavy atom. The minimum atomic E-state index is 0.368. The van der Waals surface area contributed by atoms with E-state index >= 15 is 0 Å². The Morgan fingerprint density at radius 1 is 1.31 bits per heavy atom. The number of hydrogen-bond acceptors (Lipinski definition) is 4. The summed E-state index contributed by atoms with van der Waals surface area (Å²) < 4.78 is 5.79. The molecule has 2 unspecified atom stereocenters. The summed E-state index contributed by atoms with van der Waals surface area (Å²) in [5, 5.41) is 0.515. The zero-order chi connectivity index (χ0) is 11.1. The van der Waals surface area contributed by atoms with E-state index in [-0.39, 0.29) is 0 Å². The van der Waals surface area contributed by atoms with Crippen molar-refractivity contribution in [3.63, 3.8) is 0 Å². The van der Waals surface area contributed by atoms with Gasteiger partial charge in [-0.1, -0.05) is 11.6 Å². The Hall–Kier alpha value is -0.870. The molecule has 86 valence electrons. The van der Waals surface area contributed by atoms with Gasteiger partial charge in [0, 0.05) is 19.2 Å². The first-order valence-electron chi connectivity index (χ1n) is 5.62. The first-order chi connectivity index (χ1) is 7.70. The lowest BCUT2D eigenvalue weighted by Crippen LogP contribution is -2.43. The number of morpholine rings is 1. The molecule has 5 heteroatoms. The molecule has 0 N–H and O–H groups in total. The number of rotatable bonds is 1. The van der Waals surface area contributed by atoms with Crippen LogP contribution in [0.5, 0.6) is 0 Å². The van der Waals surface area contributed by atoms with Gasteiger partial charge in [0.15, 0.2) is 0 Å². The lowest BCUT2D eigenvalue weighted by Gasteiger charge is -2.33. The van der Waals surface area contributed by atoms with Crippen molar-refractivity contribution in [2.24, 2.45) is 0 Å². The summed E-state index contributed by atoms with van der Waals surface area (Å²) >= 11 is 5.95. The van der Waals surface area contributed by atoms with E-state index in [0.29, 0.717) is 17.4 Å². The van der Waals surface area contributed by atoms with Crippen LogP contribution < -0.4 is 4.90 Å². The molecule has 2 aliphatic heterocycles. The van der Waals surface area contributed by atoms with Crippen LogP contribution in [-0.4, -0.2) is 35.3 Å². The van der Waals surface area contributed by atoms with Crippen molar-refractivity contribution in [3.8, 4) is 0 Å². The van der Waals surface area contributed by atoms with E-state index in [0.717, 1.165) is 24.7 Å². The second kappa shape index (κ2) is 3.86. The van der Waals surface area contributed by atoms with Crippen molar-refractivity contribution in [3.05, 3.63) is 17.0 Å². The van der Waals surface area contributed by atoms with E-state index in [4.69, 9.17) is 16.3 Å². The number of nitrogens with zero attached hydrogens (tertiary/aromatic N) is 3. The Balaban J connectivity index is 1.86. The first-order valence-corrected chi connectivity index (χ1v) is 6.00. The Bertz CT molecular complexity index is 380. The molecular formula is C11H14ClN3O. The molecule has 3 rings (SSSR count). The van der Waals surface area contributed by atoms with Gasteiger partial charge in [0.05, 0.1) is 12.2 Å². The monoisotopic (exact) mass is 239 g/mol. The summed E-state index contributed by atoms with van der Waals surface area (Å²) in [6.45, 7) is 3.71. The van der Waals surface area contributed by atoms with Crippen LogP contribution in [0.15, 0.2) is 6.07 Å². The number of aromatic nitrogens is 2. The second-order valence-corrected chi connectivity index (χ2v) is 4.85. The van der Waals surface area contributed by atoms with Crippen molar-refractivity contribution in [1.29, 1.82) is 0 Å². The van der Waals surface area contributed by atoms with Crippen LogP contribution in [0.25, 0.3) is 0 Å². The molecule has 3 heterocycles. The Labute approximate surface area is 99.6 Å². The fraction of sp³-hybridized carbons (Fsp3) is 0.636. The highest BCUT2D eigenvalue weighted by Crippen LogP contribution is 2.29. The fourth-order valence-corrected chi connectivity index (χ4v) is 2.70. The molecule has 2 saturated heterocycles. The molecule has 4 nitrogen and oxygen atoms in total. The third-order valence-electron chi connectivity index (χ3n) is 3.16. The Kier molecular flexibility index (Phi) is 2.48. The molecule has 1 aromatic rings. The van der Waals surface area contributed by atoms with Crippen LogP contribution in [0.4, 0.5) is 5.82 Å². The van der Waals surface area contributed by atoms with E-state index in [9.17, 15) is 0 Å². The largest absolute Gasteiger partial charge is 0.371 e. The number of anilines is 1. The summed E-state index contributed by atoms with van der Waals surface area (Å²) in [5.74, 6) is 1.65. The number of ether oxygens (including phenoxy) is 1. The van der Waals surface area contributed by atoms with Gasteiger partial charge in [-0.25, -0.2) is 9.97 Å². The molecule has 0 aromatic carbocycles. The first kappa shape index (κ1) is 10.3. The quantitative estimate of drug-likeness (QED) is 0.701. The van der Waals surface area contributed by atoms with Gasteiger partial charge >= 0.3 is 0 Å². The molecular weight excluding hydrogens is 226 g/mol. The van der Waals surface area contributed by atoms with Crippen molar-refractivity contribution < 1.29 is 4.74 Å². The van der Waals surface area contributed by atoms with Crippen LogP contribution in [0.3, 0.4) is 0 Å². The molecule has 2 bridgehead atoms. The van der Waals surface area contributed by atoms with Crippen molar-refractivity contribution in [2.75, 3.05) is 18.0 Å². The molecule has 0 aliphatic carbocycles. The molecule has 0 radical (unpaired) electrons. The lowest BCUT2D eigenvalue weighted by molar-refractivity contribution is 0.0302. The van der Waals surface area contributed by atoms with E-state index in [1.54, 1.807) is 0 Å². The van der Waals surface area contributed by atoms with Gasteiger partial charge in [-0.2, -0.15) is 0 Å². The van der Waals surface area contributed by atoms with Crippen LogP contribution in [0, 0.1) is 6.92 Å². The van der Waals surface area contributed by atoms with Crippen LogP contribution in [0.1, 0.15) is 18.7 Å². The van der Waals surface area contributed by atoms with Crippen LogP contribution in [0.2, 0.25) is 5.15 Å². The molecule has 0 spiro atoms. The zero-order valence-electron chi connectivity index (χ0n) is 9.19. The molecule has 16 heavy (non-hydrogen) atoms. The predicted molar refractivity (Wildman–Crippen MR) is 61.9 cm³/mol. The van der Waals surface area contributed by atoms with Crippen molar-refractivity contribution in [2.45, 2.75) is 32.0 Å². The summed E-state index contributed by atoms with van der Waals surface area (Å²) in [7, 11) is 0. The molecule has 0 saturated carbocycles.